The van der Waals surface area contributed by atoms with Gasteiger partial charge >= 0.3 is 0 Å². The number of halogens is 4. The van der Waals surface area contributed by atoms with Crippen molar-refractivity contribution in [3.8, 4) is 0 Å². The van der Waals surface area contributed by atoms with Gasteiger partial charge in [-0.3, -0.25) is 9.79 Å². The summed E-state index contributed by atoms with van der Waals surface area (Å²) >= 11 is 0. The Bertz CT molecular complexity index is 1240. The van der Waals surface area contributed by atoms with Gasteiger partial charge in [0, 0.05) is 34.0 Å². The molecule has 0 aromatic heterocycles. The summed E-state index contributed by atoms with van der Waals surface area (Å²) in [5.41, 5.74) is 0.551. The lowest BCUT2D eigenvalue weighted by molar-refractivity contribution is 0.103. The summed E-state index contributed by atoms with van der Waals surface area (Å²) in [4.78, 5) is 22.5. The van der Waals surface area contributed by atoms with Crippen LogP contribution in [-0.4, -0.2) is 17.7 Å². The summed E-state index contributed by atoms with van der Waals surface area (Å²) < 4.78 is 56.2. The highest BCUT2D eigenvalue weighted by molar-refractivity contribution is 6.28. The normalized spacial score (nSPS) is 15.1. The first-order chi connectivity index (χ1) is 15.6. The molecular weight excluding hydrogens is 436 g/mol. The van der Waals surface area contributed by atoms with Gasteiger partial charge in [0.05, 0.1) is 5.70 Å². The van der Waals surface area contributed by atoms with Crippen molar-refractivity contribution in [3.63, 3.8) is 0 Å². The number of rotatable bonds is 6. The minimum Gasteiger partial charge on any atom is -0.390 e. The number of ketones is 1. The average Bonchev–Trinajstić information content (AvgIpc) is 2.78. The van der Waals surface area contributed by atoms with E-state index in [0.717, 1.165) is 0 Å². The highest BCUT2D eigenvalue weighted by atomic mass is 19.2. The minimum atomic E-state index is -1.95. The zero-order valence-electron chi connectivity index (χ0n) is 18.6. The third-order valence-electron chi connectivity index (χ3n) is 5.00. The molecule has 0 aliphatic heterocycles. The molecule has 4 nitrogen and oxygen atoms in total. The number of fused-ring (bicyclic) bond motifs is 1. The molecule has 0 saturated carbocycles. The fourth-order valence-electron chi connectivity index (χ4n) is 3.40. The van der Waals surface area contributed by atoms with E-state index in [1.54, 1.807) is 37.4 Å². The maximum atomic E-state index is 14.4. The Labute approximate surface area is 189 Å². The molecule has 0 spiro atoms. The fourth-order valence-corrected chi connectivity index (χ4v) is 3.40. The van der Waals surface area contributed by atoms with Gasteiger partial charge in [-0.25, -0.2) is 17.6 Å². The summed E-state index contributed by atoms with van der Waals surface area (Å²) in [6.45, 7) is 9.55. The van der Waals surface area contributed by atoms with Crippen LogP contribution in [0.1, 0.15) is 54.7 Å². The SMILES string of the molecule is C=C(C)c1c(F)c(F)c(F)c(F)c1CO/N=C1/C(N=CC(C)C)=C(C)C(=O)c2ccccc21. The molecule has 0 unspecified atom stereocenters. The summed E-state index contributed by atoms with van der Waals surface area (Å²) in [6.07, 6.45) is 1.64. The predicted octanol–water partition coefficient (Wildman–Crippen LogP) is 6.39. The number of carbonyl (C=O) groups is 1. The van der Waals surface area contributed by atoms with E-state index in [9.17, 15) is 22.4 Å². The van der Waals surface area contributed by atoms with Crippen LogP contribution in [0.15, 0.2) is 52.3 Å². The first-order valence-corrected chi connectivity index (χ1v) is 10.2. The second kappa shape index (κ2) is 9.52. The number of carbonyl (C=O) groups excluding carboxylic acids is 1. The molecule has 0 fully saturated rings. The van der Waals surface area contributed by atoms with Gasteiger partial charge in [0.25, 0.3) is 0 Å². The second-order valence-corrected chi connectivity index (χ2v) is 7.97. The van der Waals surface area contributed by atoms with Crippen molar-refractivity contribution in [2.75, 3.05) is 0 Å². The zero-order chi connectivity index (χ0) is 24.4. The van der Waals surface area contributed by atoms with Crippen LogP contribution in [0.2, 0.25) is 0 Å². The lowest BCUT2D eigenvalue weighted by Crippen LogP contribution is -2.21. The van der Waals surface area contributed by atoms with E-state index in [1.165, 1.54) is 6.92 Å². The van der Waals surface area contributed by atoms with Gasteiger partial charge in [-0.1, -0.05) is 49.8 Å². The molecule has 8 heteroatoms. The number of benzene rings is 2. The summed E-state index contributed by atoms with van der Waals surface area (Å²) in [6, 6.07) is 6.69. The van der Waals surface area contributed by atoms with E-state index >= 15 is 0 Å². The average molecular weight is 458 g/mol. The highest BCUT2D eigenvalue weighted by Gasteiger charge is 2.29. The van der Waals surface area contributed by atoms with Crippen LogP contribution < -0.4 is 0 Å². The summed E-state index contributed by atoms with van der Waals surface area (Å²) in [7, 11) is 0. The molecule has 0 saturated heterocycles. The topological polar surface area (TPSA) is 51.0 Å². The van der Waals surface area contributed by atoms with Crippen LogP contribution in [0.3, 0.4) is 0 Å². The van der Waals surface area contributed by atoms with Crippen molar-refractivity contribution in [1.29, 1.82) is 0 Å². The second-order valence-electron chi connectivity index (χ2n) is 7.97. The molecule has 0 heterocycles. The number of aliphatic imine (C=N–C) groups is 1. The van der Waals surface area contributed by atoms with Gasteiger partial charge in [0.1, 0.15) is 12.3 Å². The minimum absolute atomic E-state index is 0.0110. The van der Waals surface area contributed by atoms with E-state index in [-0.39, 0.29) is 28.7 Å². The monoisotopic (exact) mass is 458 g/mol. The van der Waals surface area contributed by atoms with Crippen LogP contribution in [0.5, 0.6) is 0 Å². The van der Waals surface area contributed by atoms with Gasteiger partial charge in [-0.05, 0) is 25.3 Å². The van der Waals surface area contributed by atoms with Crippen LogP contribution in [0.25, 0.3) is 5.57 Å². The van der Waals surface area contributed by atoms with Crippen LogP contribution in [0.4, 0.5) is 17.6 Å². The highest BCUT2D eigenvalue weighted by Crippen LogP contribution is 2.31. The van der Waals surface area contributed by atoms with Crippen molar-refractivity contribution in [1.82, 2.24) is 0 Å². The molecule has 0 N–H and O–H groups in total. The van der Waals surface area contributed by atoms with Crippen LogP contribution >= 0.6 is 0 Å². The predicted molar refractivity (Wildman–Crippen MR) is 119 cm³/mol. The Balaban J connectivity index is 2.09. The molecule has 33 heavy (non-hydrogen) atoms. The van der Waals surface area contributed by atoms with E-state index in [1.807, 2.05) is 13.8 Å². The Morgan fingerprint density at radius 3 is 2.27 bits per heavy atom. The Kier molecular flexibility index (Phi) is 6.95. The number of Topliss-reactive ketones (excluding diaryl/α,β-unsaturated/α-hetero) is 1. The standard InChI is InChI=1S/C25H22F4N2O2/c1-12(2)10-30-23-14(5)25(32)16-9-7-6-8-15(16)24(23)31-33-11-17-18(13(3)4)20(27)22(29)21(28)19(17)26/h6-10,12H,3,11H2,1-2,4-5H3/b30-10?,31-24+. The molecule has 2 aromatic carbocycles. The van der Waals surface area contributed by atoms with Gasteiger partial charge in [-0.15, -0.1) is 0 Å². The van der Waals surface area contributed by atoms with Crippen molar-refractivity contribution in [2.45, 2.75) is 34.3 Å². The van der Waals surface area contributed by atoms with Gasteiger partial charge in [0.15, 0.2) is 29.1 Å². The van der Waals surface area contributed by atoms with E-state index in [4.69, 9.17) is 4.84 Å². The first-order valence-electron chi connectivity index (χ1n) is 10.2. The summed E-state index contributed by atoms with van der Waals surface area (Å²) in [5, 5.41) is 4.05. The quantitative estimate of drug-likeness (QED) is 0.166. The third-order valence-corrected chi connectivity index (χ3v) is 5.00. The maximum Gasteiger partial charge on any atom is 0.198 e. The molecule has 0 atom stereocenters. The molecular formula is C25H22F4N2O2. The van der Waals surface area contributed by atoms with Crippen molar-refractivity contribution in [2.24, 2.45) is 16.1 Å². The molecule has 0 bridgehead atoms. The van der Waals surface area contributed by atoms with Crippen molar-refractivity contribution in [3.05, 3.63) is 87.6 Å². The third kappa shape index (κ3) is 4.51. The number of oxime groups is 1. The lowest BCUT2D eigenvalue weighted by Gasteiger charge is -2.19. The number of allylic oxidation sites excluding steroid dienone is 3. The smallest absolute Gasteiger partial charge is 0.198 e. The molecule has 2 aromatic rings. The van der Waals surface area contributed by atoms with Crippen molar-refractivity contribution < 1.29 is 27.2 Å². The molecule has 0 radical (unpaired) electrons. The molecule has 0 amide bonds. The number of hydrogen-bond acceptors (Lipinski definition) is 4. The zero-order valence-corrected chi connectivity index (χ0v) is 18.6. The fraction of sp³-hybridized carbons (Fsp3) is 0.240. The van der Waals surface area contributed by atoms with Crippen molar-refractivity contribution >= 4 is 23.3 Å². The molecule has 172 valence electrons. The summed E-state index contributed by atoms with van der Waals surface area (Å²) in [5.74, 6) is -7.16. The van der Waals surface area contributed by atoms with Crippen LogP contribution in [-0.2, 0) is 11.4 Å². The Hall–Kier alpha value is -3.55. The van der Waals surface area contributed by atoms with E-state index in [2.05, 4.69) is 16.7 Å². The molecule has 1 aliphatic carbocycles. The van der Waals surface area contributed by atoms with E-state index < -0.39 is 41.0 Å². The van der Waals surface area contributed by atoms with Gasteiger partial charge in [0.2, 0.25) is 0 Å². The molecule has 3 rings (SSSR count). The maximum absolute atomic E-state index is 14.4. The Morgan fingerprint density at radius 2 is 1.67 bits per heavy atom. The Morgan fingerprint density at radius 1 is 1.06 bits per heavy atom. The van der Waals surface area contributed by atoms with E-state index in [0.29, 0.717) is 16.7 Å². The molecule has 1 aliphatic rings. The lowest BCUT2D eigenvalue weighted by atomic mass is 9.87. The number of nitrogens with zero attached hydrogens (tertiary/aromatic N) is 2. The van der Waals surface area contributed by atoms with Gasteiger partial charge < -0.3 is 4.84 Å². The first kappa shape index (κ1) is 24.1. The largest absolute Gasteiger partial charge is 0.390 e. The van der Waals surface area contributed by atoms with Crippen LogP contribution in [0, 0.1) is 29.2 Å². The van der Waals surface area contributed by atoms with Gasteiger partial charge in [-0.2, -0.15) is 0 Å². The number of hydrogen-bond donors (Lipinski definition) is 0.